The zero-order valence-electron chi connectivity index (χ0n) is 16.3. The highest BCUT2D eigenvalue weighted by molar-refractivity contribution is 5.75. The fourth-order valence-electron chi connectivity index (χ4n) is 4.44. The third-order valence-corrected chi connectivity index (χ3v) is 5.99. The van der Waals surface area contributed by atoms with Gasteiger partial charge < -0.3 is 0 Å². The Kier molecular flexibility index (Phi) is 5.59. The Labute approximate surface area is 173 Å². The maximum atomic E-state index is 13.2. The number of benzene rings is 1. The molecule has 1 unspecified atom stereocenters. The van der Waals surface area contributed by atoms with Gasteiger partial charge in [0.1, 0.15) is 5.69 Å². The number of carbonyl (C=O) groups excluding carboxylic acids is 1. The van der Waals surface area contributed by atoms with Gasteiger partial charge in [0, 0.05) is 37.3 Å². The van der Waals surface area contributed by atoms with Crippen molar-refractivity contribution in [2.24, 2.45) is 0 Å². The molecule has 1 aromatic carbocycles. The number of aromatic nitrogens is 2. The fourth-order valence-corrected chi connectivity index (χ4v) is 4.44. The van der Waals surface area contributed by atoms with Crippen LogP contribution in [-0.2, 0) is 18.8 Å². The molecule has 1 atom stereocenters. The number of H-pyrrole nitrogens is 1. The summed E-state index contributed by atoms with van der Waals surface area (Å²) in [5.74, 6) is -0.419. The molecule has 3 heterocycles. The molecule has 2 aromatic rings. The number of hydrogen-bond donors (Lipinski definition) is 2. The lowest BCUT2D eigenvalue weighted by molar-refractivity contribution is -0.143. The van der Waals surface area contributed by atoms with Crippen LogP contribution in [0.3, 0.4) is 0 Å². The van der Waals surface area contributed by atoms with Gasteiger partial charge >= 0.3 is 12.4 Å². The Hall–Kier alpha value is -2.40. The maximum absolute atomic E-state index is 13.2. The number of rotatable bonds is 3. The van der Waals surface area contributed by atoms with Crippen molar-refractivity contribution in [3.8, 4) is 0 Å². The molecule has 2 N–H and O–H groups in total. The molecule has 4 rings (SSSR count). The quantitative estimate of drug-likeness (QED) is 0.546. The van der Waals surface area contributed by atoms with Gasteiger partial charge in [-0.1, -0.05) is 0 Å². The summed E-state index contributed by atoms with van der Waals surface area (Å²) in [6.07, 6.45) is -7.81. The highest BCUT2D eigenvalue weighted by atomic mass is 19.4. The second-order valence-corrected chi connectivity index (χ2v) is 7.88. The van der Waals surface area contributed by atoms with Crippen LogP contribution in [0.1, 0.15) is 63.4 Å². The first kappa shape index (κ1) is 21.8. The van der Waals surface area contributed by atoms with E-state index in [1.54, 1.807) is 0 Å². The SMILES string of the molecule is O=Cc1n[nH]c2c1C(N1CCC(c3cc(C(F)(F)F)cc(C(F)(F)F)c3)CC1)NCC2. The zero-order chi connectivity index (χ0) is 22.4. The fraction of sp³-hybridized carbons (Fsp3) is 0.500. The molecule has 5 nitrogen and oxygen atoms in total. The van der Waals surface area contributed by atoms with E-state index in [9.17, 15) is 31.1 Å². The van der Waals surface area contributed by atoms with Gasteiger partial charge in [-0.25, -0.2) is 0 Å². The lowest BCUT2D eigenvalue weighted by Gasteiger charge is -2.40. The molecular weight excluding hydrogens is 426 g/mol. The van der Waals surface area contributed by atoms with E-state index >= 15 is 0 Å². The van der Waals surface area contributed by atoms with E-state index < -0.39 is 29.4 Å². The van der Waals surface area contributed by atoms with Gasteiger partial charge in [0.25, 0.3) is 0 Å². The molecule has 0 spiro atoms. The molecule has 2 aliphatic rings. The third-order valence-electron chi connectivity index (χ3n) is 5.99. The molecule has 1 fully saturated rings. The van der Waals surface area contributed by atoms with Crippen LogP contribution in [0, 0.1) is 0 Å². The standard InChI is InChI=1S/C20H20F6N4O/c21-19(22,23)13-7-12(8-14(9-13)20(24,25)26)11-2-5-30(6-3-11)18-17-15(1-4-27-18)28-29-16(17)10-31/h7-11,18,27H,1-6H2,(H,28,29). The van der Waals surface area contributed by atoms with Crippen molar-refractivity contribution in [2.75, 3.05) is 19.6 Å². The van der Waals surface area contributed by atoms with Gasteiger partial charge in [0.05, 0.1) is 17.3 Å². The maximum Gasteiger partial charge on any atom is 0.416 e. The summed E-state index contributed by atoms with van der Waals surface area (Å²) in [6.45, 7) is 1.59. The number of nitrogens with zero attached hydrogens (tertiary/aromatic N) is 2. The lowest BCUT2D eigenvalue weighted by atomic mass is 9.86. The summed E-state index contributed by atoms with van der Waals surface area (Å²) in [6, 6.07) is 1.81. The predicted octanol–water partition coefficient (Wildman–Crippen LogP) is 4.28. The smallest absolute Gasteiger partial charge is 0.297 e. The first-order chi connectivity index (χ1) is 14.6. The summed E-state index contributed by atoms with van der Waals surface area (Å²) < 4.78 is 79.0. The van der Waals surface area contributed by atoms with Gasteiger partial charge in [-0.2, -0.15) is 31.4 Å². The molecule has 11 heteroatoms. The monoisotopic (exact) mass is 446 g/mol. The van der Waals surface area contributed by atoms with Crippen LogP contribution in [0.5, 0.6) is 0 Å². The normalized spacial score (nSPS) is 21.2. The van der Waals surface area contributed by atoms with Crippen LogP contribution < -0.4 is 5.32 Å². The van der Waals surface area contributed by atoms with Crippen molar-refractivity contribution in [2.45, 2.75) is 43.7 Å². The number of carbonyl (C=O) groups is 1. The van der Waals surface area contributed by atoms with Gasteiger partial charge in [-0.15, -0.1) is 0 Å². The highest BCUT2D eigenvalue weighted by Gasteiger charge is 2.38. The van der Waals surface area contributed by atoms with Gasteiger partial charge in [0.15, 0.2) is 6.29 Å². The molecule has 0 aliphatic carbocycles. The minimum Gasteiger partial charge on any atom is -0.297 e. The van der Waals surface area contributed by atoms with Crippen LogP contribution in [0.15, 0.2) is 18.2 Å². The predicted molar refractivity (Wildman–Crippen MR) is 98.4 cm³/mol. The molecule has 168 valence electrons. The van der Waals surface area contributed by atoms with Crippen molar-refractivity contribution in [3.63, 3.8) is 0 Å². The number of fused-ring (bicyclic) bond motifs is 1. The Bertz CT molecular complexity index is 927. The van der Waals surface area contributed by atoms with E-state index in [0.29, 0.717) is 50.9 Å². The summed E-state index contributed by atoms with van der Waals surface area (Å²) in [5.41, 5.74) is -0.587. The molecule has 1 saturated heterocycles. The first-order valence-electron chi connectivity index (χ1n) is 9.87. The van der Waals surface area contributed by atoms with E-state index in [1.165, 1.54) is 0 Å². The number of halogens is 6. The van der Waals surface area contributed by atoms with E-state index in [0.717, 1.165) is 23.4 Å². The summed E-state index contributed by atoms with van der Waals surface area (Å²) in [5, 5.41) is 10.2. The van der Waals surface area contributed by atoms with Crippen LogP contribution >= 0.6 is 0 Å². The number of alkyl halides is 6. The second-order valence-electron chi connectivity index (χ2n) is 7.88. The summed E-state index contributed by atoms with van der Waals surface area (Å²) in [4.78, 5) is 13.4. The largest absolute Gasteiger partial charge is 0.416 e. The topological polar surface area (TPSA) is 61.0 Å². The average molecular weight is 446 g/mol. The zero-order valence-corrected chi connectivity index (χ0v) is 16.3. The van der Waals surface area contributed by atoms with Crippen molar-refractivity contribution < 1.29 is 31.1 Å². The molecular formula is C20H20F6N4O. The number of nitrogens with one attached hydrogen (secondary N) is 2. The van der Waals surface area contributed by atoms with Crippen LogP contribution in [0.4, 0.5) is 26.3 Å². The van der Waals surface area contributed by atoms with Crippen molar-refractivity contribution >= 4 is 6.29 Å². The Morgan fingerprint density at radius 1 is 1.00 bits per heavy atom. The summed E-state index contributed by atoms with van der Waals surface area (Å²) in [7, 11) is 0. The van der Waals surface area contributed by atoms with E-state index in [1.807, 2.05) is 0 Å². The van der Waals surface area contributed by atoms with Crippen LogP contribution in [0.25, 0.3) is 0 Å². The average Bonchev–Trinajstić information content (AvgIpc) is 3.16. The minimum absolute atomic E-state index is 0.0518. The number of hydrogen-bond acceptors (Lipinski definition) is 4. The Morgan fingerprint density at radius 3 is 2.16 bits per heavy atom. The van der Waals surface area contributed by atoms with Crippen molar-refractivity contribution in [3.05, 3.63) is 51.8 Å². The van der Waals surface area contributed by atoms with Crippen LogP contribution in [-0.4, -0.2) is 41.0 Å². The molecule has 2 aliphatic heterocycles. The molecule has 0 saturated carbocycles. The summed E-state index contributed by atoms with van der Waals surface area (Å²) >= 11 is 0. The van der Waals surface area contributed by atoms with Gasteiger partial charge in [-0.05, 0) is 42.5 Å². The van der Waals surface area contributed by atoms with Gasteiger partial charge in [0.2, 0.25) is 0 Å². The van der Waals surface area contributed by atoms with Gasteiger partial charge in [-0.3, -0.25) is 20.1 Å². The minimum atomic E-state index is -4.86. The van der Waals surface area contributed by atoms with Crippen molar-refractivity contribution in [1.29, 1.82) is 0 Å². The highest BCUT2D eigenvalue weighted by Crippen LogP contribution is 2.40. The van der Waals surface area contributed by atoms with E-state index in [2.05, 4.69) is 20.4 Å². The first-order valence-corrected chi connectivity index (χ1v) is 9.87. The molecule has 0 amide bonds. The number of aromatic amines is 1. The lowest BCUT2D eigenvalue weighted by Crippen LogP contribution is -2.45. The van der Waals surface area contributed by atoms with E-state index in [4.69, 9.17) is 0 Å². The molecule has 1 aromatic heterocycles. The third kappa shape index (κ3) is 4.33. The number of aldehydes is 1. The van der Waals surface area contributed by atoms with Crippen LogP contribution in [0.2, 0.25) is 0 Å². The Balaban J connectivity index is 1.55. The molecule has 31 heavy (non-hydrogen) atoms. The Morgan fingerprint density at radius 2 is 1.61 bits per heavy atom. The number of piperidine rings is 1. The van der Waals surface area contributed by atoms with E-state index in [-0.39, 0.29) is 17.8 Å². The molecule has 0 bridgehead atoms. The number of likely N-dealkylation sites (tertiary alicyclic amines) is 1. The molecule has 0 radical (unpaired) electrons. The second kappa shape index (κ2) is 7.94. The van der Waals surface area contributed by atoms with Crippen molar-refractivity contribution in [1.82, 2.24) is 20.4 Å².